The summed E-state index contributed by atoms with van der Waals surface area (Å²) in [6.07, 6.45) is 7.02. The Labute approximate surface area is 134 Å². The molecule has 4 aliphatic rings. The fourth-order valence-electron chi connectivity index (χ4n) is 5.41. The average molecular weight is 312 g/mol. The number of phenols is 2. The highest BCUT2D eigenvalue weighted by atomic mass is 16.3. The molecule has 120 valence electrons. The average Bonchev–Trinajstić information content (AvgIpc) is 2.47. The van der Waals surface area contributed by atoms with Crippen LogP contribution in [0.1, 0.15) is 54.4 Å². The van der Waals surface area contributed by atoms with Crippen molar-refractivity contribution in [2.75, 3.05) is 0 Å². The van der Waals surface area contributed by atoms with Crippen LogP contribution in [0.3, 0.4) is 0 Å². The second-order valence-corrected chi connectivity index (χ2v) is 7.66. The molecule has 4 saturated carbocycles. The summed E-state index contributed by atoms with van der Waals surface area (Å²) in [6, 6.07) is 4.37. The zero-order chi connectivity index (χ0) is 16.2. The molecule has 1 aromatic rings. The van der Waals surface area contributed by atoms with Crippen LogP contribution in [0.2, 0.25) is 0 Å². The number of hydrogen-bond donors (Lipinski definition) is 3. The van der Waals surface area contributed by atoms with Crippen LogP contribution in [0, 0.1) is 29.1 Å². The van der Waals surface area contributed by atoms with Crippen LogP contribution in [0.15, 0.2) is 12.1 Å². The highest BCUT2D eigenvalue weighted by molar-refractivity contribution is 5.96. The third kappa shape index (κ3) is 2.33. The molecular formula is C18H20N2O3. The second-order valence-electron chi connectivity index (χ2n) is 7.66. The maximum atomic E-state index is 12.6. The molecule has 0 radical (unpaired) electrons. The largest absolute Gasteiger partial charge is 0.504 e. The van der Waals surface area contributed by atoms with Crippen molar-refractivity contribution in [3.05, 3.63) is 23.3 Å². The van der Waals surface area contributed by atoms with Crippen LogP contribution in [0.5, 0.6) is 11.5 Å². The van der Waals surface area contributed by atoms with Crippen molar-refractivity contribution >= 4 is 5.91 Å². The van der Waals surface area contributed by atoms with Crippen LogP contribution >= 0.6 is 0 Å². The smallest absolute Gasteiger partial charge is 0.251 e. The van der Waals surface area contributed by atoms with Gasteiger partial charge in [-0.05, 0) is 68.4 Å². The summed E-state index contributed by atoms with van der Waals surface area (Å²) in [7, 11) is 0. The number of nitriles is 1. The SMILES string of the molecule is N#Cc1cc(C(=O)NC23CC4CC(CC(C4)C2)C3)cc(O)c1O. The molecule has 1 aromatic carbocycles. The van der Waals surface area contributed by atoms with Gasteiger partial charge >= 0.3 is 0 Å². The monoisotopic (exact) mass is 312 g/mol. The van der Waals surface area contributed by atoms with Crippen molar-refractivity contribution in [3.63, 3.8) is 0 Å². The summed E-state index contributed by atoms with van der Waals surface area (Å²) in [5.74, 6) is 1.01. The van der Waals surface area contributed by atoms with Gasteiger partial charge in [0, 0.05) is 11.1 Å². The van der Waals surface area contributed by atoms with Gasteiger partial charge in [-0.3, -0.25) is 4.79 Å². The van der Waals surface area contributed by atoms with Gasteiger partial charge in [-0.25, -0.2) is 0 Å². The number of rotatable bonds is 2. The molecule has 5 nitrogen and oxygen atoms in total. The molecule has 0 unspecified atom stereocenters. The quantitative estimate of drug-likeness (QED) is 0.732. The van der Waals surface area contributed by atoms with E-state index in [0.717, 1.165) is 37.0 Å². The topological polar surface area (TPSA) is 93.4 Å². The standard InChI is InChI=1S/C18H20N2O3/c19-9-14-4-13(5-15(21)16(14)22)17(23)20-18-6-10-1-11(7-18)3-12(2-10)8-18/h4-5,10-12,21-22H,1-3,6-8H2,(H,20,23). The lowest BCUT2D eigenvalue weighted by atomic mass is 9.53. The van der Waals surface area contributed by atoms with Crippen molar-refractivity contribution in [1.29, 1.82) is 5.26 Å². The van der Waals surface area contributed by atoms with E-state index in [9.17, 15) is 15.0 Å². The Morgan fingerprint density at radius 3 is 2.22 bits per heavy atom. The molecular weight excluding hydrogens is 292 g/mol. The van der Waals surface area contributed by atoms with Crippen LogP contribution in [-0.4, -0.2) is 21.7 Å². The number of carbonyl (C=O) groups is 1. The van der Waals surface area contributed by atoms with Crippen molar-refractivity contribution < 1.29 is 15.0 Å². The Morgan fingerprint density at radius 2 is 1.70 bits per heavy atom. The summed E-state index contributed by atoms with van der Waals surface area (Å²) in [5.41, 5.74) is 0.0276. The minimum atomic E-state index is -0.473. The van der Waals surface area contributed by atoms with Gasteiger partial charge in [0.05, 0.1) is 5.56 Å². The number of amides is 1. The molecule has 4 fully saturated rings. The molecule has 0 spiro atoms. The number of aromatic hydroxyl groups is 2. The molecule has 1 amide bonds. The van der Waals surface area contributed by atoms with Crippen LogP contribution in [0.25, 0.3) is 0 Å². The first kappa shape index (κ1) is 14.4. The zero-order valence-electron chi connectivity index (χ0n) is 12.9. The highest BCUT2D eigenvalue weighted by Gasteiger charge is 2.51. The molecule has 0 aliphatic heterocycles. The van der Waals surface area contributed by atoms with Crippen LogP contribution < -0.4 is 5.32 Å². The summed E-state index contributed by atoms with van der Waals surface area (Å²) < 4.78 is 0. The van der Waals surface area contributed by atoms with Gasteiger partial charge in [-0.15, -0.1) is 0 Å². The Balaban J connectivity index is 1.59. The third-order valence-electron chi connectivity index (χ3n) is 5.89. The minimum absolute atomic E-state index is 0.0827. The van der Waals surface area contributed by atoms with Gasteiger partial charge < -0.3 is 15.5 Å². The fourth-order valence-corrected chi connectivity index (χ4v) is 5.41. The third-order valence-corrected chi connectivity index (χ3v) is 5.89. The van der Waals surface area contributed by atoms with E-state index < -0.39 is 11.5 Å². The Morgan fingerprint density at radius 1 is 1.13 bits per heavy atom. The van der Waals surface area contributed by atoms with Crippen molar-refractivity contribution in [2.24, 2.45) is 17.8 Å². The molecule has 5 heteroatoms. The number of phenolic OH excluding ortho intramolecular Hbond substituents is 2. The van der Waals surface area contributed by atoms with E-state index in [-0.39, 0.29) is 22.6 Å². The minimum Gasteiger partial charge on any atom is -0.504 e. The molecule has 0 atom stereocenters. The number of benzene rings is 1. The van der Waals surface area contributed by atoms with Crippen LogP contribution in [0.4, 0.5) is 0 Å². The summed E-state index contributed by atoms with van der Waals surface area (Å²) in [4.78, 5) is 12.6. The second kappa shape index (κ2) is 4.89. The van der Waals surface area contributed by atoms with Crippen molar-refractivity contribution in [3.8, 4) is 17.6 Å². The lowest BCUT2D eigenvalue weighted by molar-refractivity contribution is -0.0167. The first-order valence-electron chi connectivity index (χ1n) is 8.26. The molecule has 4 aliphatic carbocycles. The fraction of sp³-hybridized carbons (Fsp3) is 0.556. The molecule has 0 aromatic heterocycles. The lowest BCUT2D eigenvalue weighted by Gasteiger charge is -2.56. The zero-order valence-corrected chi connectivity index (χ0v) is 12.9. The Hall–Kier alpha value is -2.22. The van der Waals surface area contributed by atoms with Gasteiger partial charge in [0.1, 0.15) is 6.07 Å². The van der Waals surface area contributed by atoms with Gasteiger partial charge in [-0.2, -0.15) is 5.26 Å². The number of nitrogens with one attached hydrogen (secondary N) is 1. The van der Waals surface area contributed by atoms with E-state index >= 15 is 0 Å². The lowest BCUT2D eigenvalue weighted by Crippen LogP contribution is -2.59. The van der Waals surface area contributed by atoms with E-state index in [2.05, 4.69) is 5.32 Å². The molecule has 4 bridgehead atoms. The van der Waals surface area contributed by atoms with E-state index in [4.69, 9.17) is 5.26 Å². The summed E-state index contributed by atoms with van der Waals surface area (Å²) >= 11 is 0. The normalized spacial score (nSPS) is 34.1. The Kier molecular flexibility index (Phi) is 3.06. The number of nitrogens with zero attached hydrogens (tertiary/aromatic N) is 1. The predicted molar refractivity (Wildman–Crippen MR) is 82.9 cm³/mol. The van der Waals surface area contributed by atoms with Gasteiger partial charge in [0.2, 0.25) is 0 Å². The highest BCUT2D eigenvalue weighted by Crippen LogP contribution is 2.55. The van der Waals surface area contributed by atoms with Gasteiger partial charge in [-0.1, -0.05) is 0 Å². The molecule has 0 saturated heterocycles. The maximum Gasteiger partial charge on any atom is 0.251 e. The van der Waals surface area contributed by atoms with E-state index in [1.807, 2.05) is 0 Å². The summed E-state index contributed by atoms with van der Waals surface area (Å²) in [5, 5.41) is 31.5. The first-order valence-corrected chi connectivity index (χ1v) is 8.26. The van der Waals surface area contributed by atoms with Crippen molar-refractivity contribution in [1.82, 2.24) is 5.32 Å². The van der Waals surface area contributed by atoms with Crippen molar-refractivity contribution in [2.45, 2.75) is 44.1 Å². The van der Waals surface area contributed by atoms with Gasteiger partial charge in [0.15, 0.2) is 11.5 Å². The van der Waals surface area contributed by atoms with E-state index in [1.54, 1.807) is 6.07 Å². The number of carbonyl (C=O) groups excluding carboxylic acids is 1. The van der Waals surface area contributed by atoms with E-state index in [0.29, 0.717) is 0 Å². The predicted octanol–water partition coefficient (Wildman–Crippen LogP) is 2.67. The van der Waals surface area contributed by atoms with E-state index in [1.165, 1.54) is 31.4 Å². The maximum absolute atomic E-state index is 12.6. The summed E-state index contributed by atoms with van der Waals surface area (Å²) in [6.45, 7) is 0. The molecule has 0 heterocycles. The van der Waals surface area contributed by atoms with Crippen LogP contribution in [-0.2, 0) is 0 Å². The molecule has 23 heavy (non-hydrogen) atoms. The Bertz CT molecular complexity index is 684. The molecule has 5 rings (SSSR count). The first-order chi connectivity index (χ1) is 11.0. The number of hydrogen-bond acceptors (Lipinski definition) is 4. The van der Waals surface area contributed by atoms with Gasteiger partial charge in [0.25, 0.3) is 5.91 Å². The molecule has 3 N–H and O–H groups in total.